The van der Waals surface area contributed by atoms with E-state index in [-0.39, 0.29) is 6.03 Å². The van der Waals surface area contributed by atoms with Crippen molar-refractivity contribution in [3.8, 4) is 0 Å². The minimum absolute atomic E-state index is 0.0343. The van der Waals surface area contributed by atoms with Crippen molar-refractivity contribution in [1.82, 2.24) is 10.6 Å². The summed E-state index contributed by atoms with van der Waals surface area (Å²) >= 11 is 0. The highest BCUT2D eigenvalue weighted by molar-refractivity contribution is 5.74. The van der Waals surface area contributed by atoms with Crippen LogP contribution in [0.5, 0.6) is 0 Å². The Bertz CT molecular complexity index is 168. The van der Waals surface area contributed by atoms with E-state index < -0.39 is 0 Å². The van der Waals surface area contributed by atoms with Gasteiger partial charge in [0.1, 0.15) is 0 Å². The Labute approximate surface area is 85.4 Å². The lowest BCUT2D eigenvalue weighted by atomic mass is 10.2. The molecule has 0 aliphatic heterocycles. The van der Waals surface area contributed by atoms with Crippen LogP contribution >= 0.6 is 0 Å². The van der Waals surface area contributed by atoms with Crippen molar-refractivity contribution in [3.63, 3.8) is 0 Å². The van der Waals surface area contributed by atoms with Crippen LogP contribution in [0, 0.1) is 0 Å². The number of hydrogen-bond donors (Lipinski definition) is 2. The number of carbonyl (C=O) groups excluding carboxylic acids is 1. The van der Waals surface area contributed by atoms with Crippen molar-refractivity contribution >= 4 is 6.03 Å². The molecule has 2 N–H and O–H groups in total. The Kier molecular flexibility index (Phi) is 5.37. The summed E-state index contributed by atoms with van der Waals surface area (Å²) in [6, 6.07) is 0.366. The molecule has 0 bridgehead atoms. The number of hydrogen-bond acceptors (Lipinski definition) is 2. The van der Waals surface area contributed by atoms with Crippen molar-refractivity contribution in [2.24, 2.45) is 0 Å². The van der Waals surface area contributed by atoms with Gasteiger partial charge in [-0.05, 0) is 19.3 Å². The minimum Gasteiger partial charge on any atom is -0.385 e. The summed E-state index contributed by atoms with van der Waals surface area (Å²) in [4.78, 5) is 11.3. The first-order valence-corrected chi connectivity index (χ1v) is 5.36. The van der Waals surface area contributed by atoms with Gasteiger partial charge in [-0.1, -0.05) is 12.8 Å². The lowest BCUT2D eigenvalue weighted by Gasteiger charge is -2.12. The molecule has 4 heteroatoms. The molecular weight excluding hydrogens is 180 g/mol. The maximum atomic E-state index is 11.3. The number of methoxy groups -OCH3 is 1. The largest absolute Gasteiger partial charge is 0.385 e. The highest BCUT2D eigenvalue weighted by Crippen LogP contribution is 2.17. The van der Waals surface area contributed by atoms with Crippen LogP contribution in [-0.4, -0.2) is 32.3 Å². The Hall–Kier alpha value is -0.770. The average molecular weight is 200 g/mol. The molecule has 0 aromatic carbocycles. The summed E-state index contributed by atoms with van der Waals surface area (Å²) in [5, 5.41) is 5.78. The zero-order valence-corrected chi connectivity index (χ0v) is 8.84. The molecule has 0 atom stereocenters. The predicted molar refractivity (Wildman–Crippen MR) is 55.3 cm³/mol. The monoisotopic (exact) mass is 200 g/mol. The normalized spacial score (nSPS) is 16.9. The third-order valence-corrected chi connectivity index (χ3v) is 2.50. The Morgan fingerprint density at radius 2 is 2.14 bits per heavy atom. The highest BCUT2D eigenvalue weighted by Gasteiger charge is 2.16. The van der Waals surface area contributed by atoms with Gasteiger partial charge < -0.3 is 15.4 Å². The van der Waals surface area contributed by atoms with Gasteiger partial charge in [-0.15, -0.1) is 0 Å². The molecule has 4 nitrogen and oxygen atoms in total. The Morgan fingerprint density at radius 1 is 1.43 bits per heavy atom. The molecule has 0 saturated heterocycles. The number of carbonyl (C=O) groups is 1. The highest BCUT2D eigenvalue weighted by atomic mass is 16.5. The van der Waals surface area contributed by atoms with E-state index in [9.17, 15) is 4.79 Å². The molecule has 0 radical (unpaired) electrons. The zero-order valence-electron chi connectivity index (χ0n) is 8.84. The quantitative estimate of drug-likeness (QED) is 0.656. The molecule has 0 heterocycles. The summed E-state index contributed by atoms with van der Waals surface area (Å²) in [5.41, 5.74) is 0. The molecule has 0 unspecified atom stereocenters. The molecule has 0 aromatic rings. The van der Waals surface area contributed by atoms with Crippen LogP contribution in [0.2, 0.25) is 0 Å². The topological polar surface area (TPSA) is 50.4 Å². The molecule has 1 rings (SSSR count). The van der Waals surface area contributed by atoms with Crippen LogP contribution < -0.4 is 10.6 Å². The van der Waals surface area contributed by atoms with E-state index in [0.29, 0.717) is 19.2 Å². The van der Waals surface area contributed by atoms with Crippen molar-refractivity contribution < 1.29 is 9.53 Å². The molecule has 0 spiro atoms. The number of ether oxygens (including phenoxy) is 1. The van der Waals surface area contributed by atoms with Crippen molar-refractivity contribution in [3.05, 3.63) is 0 Å². The molecule has 1 aliphatic rings. The van der Waals surface area contributed by atoms with Gasteiger partial charge in [0.15, 0.2) is 0 Å². The third-order valence-electron chi connectivity index (χ3n) is 2.50. The van der Waals surface area contributed by atoms with Crippen molar-refractivity contribution in [1.29, 1.82) is 0 Å². The van der Waals surface area contributed by atoms with Gasteiger partial charge in [0.25, 0.3) is 0 Å². The molecule has 1 saturated carbocycles. The number of amides is 2. The van der Waals surface area contributed by atoms with E-state index in [0.717, 1.165) is 19.3 Å². The van der Waals surface area contributed by atoms with Crippen LogP contribution in [0.15, 0.2) is 0 Å². The fraction of sp³-hybridized carbons (Fsp3) is 0.900. The second-order valence-electron chi connectivity index (χ2n) is 3.73. The molecular formula is C10H20N2O2. The van der Waals surface area contributed by atoms with Crippen molar-refractivity contribution in [2.45, 2.75) is 38.1 Å². The van der Waals surface area contributed by atoms with Gasteiger partial charge in [0.05, 0.1) is 0 Å². The summed E-state index contributed by atoms with van der Waals surface area (Å²) in [6.45, 7) is 1.39. The summed E-state index contributed by atoms with van der Waals surface area (Å²) < 4.78 is 4.89. The molecule has 82 valence electrons. The molecule has 1 fully saturated rings. The van der Waals surface area contributed by atoms with E-state index in [2.05, 4.69) is 10.6 Å². The predicted octanol–water partition coefficient (Wildman–Crippen LogP) is 1.26. The van der Waals surface area contributed by atoms with E-state index in [1.54, 1.807) is 7.11 Å². The second-order valence-corrected chi connectivity index (χ2v) is 3.73. The first kappa shape index (κ1) is 11.3. The van der Waals surface area contributed by atoms with Gasteiger partial charge in [0.2, 0.25) is 0 Å². The third kappa shape index (κ3) is 4.46. The van der Waals surface area contributed by atoms with Gasteiger partial charge in [-0.25, -0.2) is 4.79 Å². The molecule has 2 amide bonds. The van der Waals surface area contributed by atoms with Crippen molar-refractivity contribution in [2.75, 3.05) is 20.3 Å². The fourth-order valence-corrected chi connectivity index (χ4v) is 1.73. The fourth-order valence-electron chi connectivity index (χ4n) is 1.73. The second kappa shape index (κ2) is 6.65. The van der Waals surface area contributed by atoms with Crippen LogP contribution in [0.3, 0.4) is 0 Å². The molecule has 0 aromatic heterocycles. The van der Waals surface area contributed by atoms with E-state index in [1.165, 1.54) is 12.8 Å². The first-order valence-electron chi connectivity index (χ1n) is 5.36. The van der Waals surface area contributed by atoms with Gasteiger partial charge in [0, 0.05) is 26.3 Å². The van der Waals surface area contributed by atoms with Gasteiger partial charge in [-0.2, -0.15) is 0 Å². The van der Waals surface area contributed by atoms with E-state index >= 15 is 0 Å². The van der Waals surface area contributed by atoms with E-state index in [4.69, 9.17) is 4.74 Å². The van der Waals surface area contributed by atoms with E-state index in [1.807, 2.05) is 0 Å². The summed E-state index contributed by atoms with van der Waals surface area (Å²) in [6.07, 6.45) is 5.62. The van der Waals surface area contributed by atoms with Crippen LogP contribution in [0.25, 0.3) is 0 Å². The smallest absolute Gasteiger partial charge is 0.315 e. The minimum atomic E-state index is -0.0343. The average Bonchev–Trinajstić information content (AvgIpc) is 2.65. The van der Waals surface area contributed by atoms with Gasteiger partial charge in [-0.3, -0.25) is 0 Å². The summed E-state index contributed by atoms with van der Waals surface area (Å²) in [5.74, 6) is 0. The number of urea groups is 1. The molecule has 1 aliphatic carbocycles. The molecule has 14 heavy (non-hydrogen) atoms. The Balaban J connectivity index is 1.98. The van der Waals surface area contributed by atoms with Crippen LogP contribution in [0.1, 0.15) is 32.1 Å². The van der Waals surface area contributed by atoms with Crippen LogP contribution in [-0.2, 0) is 4.74 Å². The zero-order chi connectivity index (χ0) is 10.2. The first-order chi connectivity index (χ1) is 6.83. The van der Waals surface area contributed by atoms with Crippen LogP contribution in [0.4, 0.5) is 4.79 Å². The number of nitrogens with one attached hydrogen (secondary N) is 2. The Morgan fingerprint density at radius 3 is 2.79 bits per heavy atom. The summed E-state index contributed by atoms with van der Waals surface area (Å²) in [7, 11) is 1.67. The SMILES string of the molecule is COCCCNC(=O)NC1CCCC1. The maximum Gasteiger partial charge on any atom is 0.315 e. The maximum absolute atomic E-state index is 11.3. The lowest BCUT2D eigenvalue weighted by Crippen LogP contribution is -2.41. The lowest BCUT2D eigenvalue weighted by molar-refractivity contribution is 0.193. The standard InChI is InChI=1S/C10H20N2O2/c1-14-8-4-7-11-10(13)12-9-5-2-3-6-9/h9H,2-8H2,1H3,(H2,11,12,13). The number of rotatable bonds is 5. The van der Waals surface area contributed by atoms with Gasteiger partial charge >= 0.3 is 6.03 Å².